The highest BCUT2D eigenvalue weighted by Gasteiger charge is 2.08. The molecule has 17 heavy (non-hydrogen) atoms. The lowest BCUT2D eigenvalue weighted by molar-refractivity contribution is 0.388. The summed E-state index contributed by atoms with van der Waals surface area (Å²) in [5, 5.41) is 6.68. The number of nitrogens with zero attached hydrogens (tertiary/aromatic N) is 1. The minimum Gasteiger partial charge on any atom is -0.361 e. The quantitative estimate of drug-likeness (QED) is 0.889. The Hall–Kier alpha value is -1.75. The zero-order valence-corrected chi connectivity index (χ0v) is 9.34. The van der Waals surface area contributed by atoms with Crippen LogP contribution in [0.4, 0.5) is 8.78 Å². The Morgan fingerprint density at radius 1 is 1.24 bits per heavy atom. The molecule has 0 aliphatic rings. The zero-order valence-electron chi connectivity index (χ0n) is 9.34. The summed E-state index contributed by atoms with van der Waals surface area (Å²) < 4.78 is 31.4. The molecule has 0 atom stereocenters. The van der Waals surface area contributed by atoms with Gasteiger partial charge in [-0.05, 0) is 19.1 Å². The summed E-state index contributed by atoms with van der Waals surface area (Å²) in [6, 6.07) is 5.58. The van der Waals surface area contributed by atoms with E-state index in [1.54, 1.807) is 13.0 Å². The molecule has 2 rings (SSSR count). The SMILES string of the molecule is Cc1cc(CNCc2c(F)cccc2F)no1. The molecule has 0 fully saturated rings. The van der Waals surface area contributed by atoms with Crippen LogP contribution in [-0.4, -0.2) is 5.16 Å². The van der Waals surface area contributed by atoms with Gasteiger partial charge in [0.1, 0.15) is 17.4 Å². The van der Waals surface area contributed by atoms with E-state index in [4.69, 9.17) is 4.52 Å². The van der Waals surface area contributed by atoms with Crippen LogP contribution in [0.3, 0.4) is 0 Å². The molecule has 3 nitrogen and oxygen atoms in total. The van der Waals surface area contributed by atoms with Crippen LogP contribution in [-0.2, 0) is 13.1 Å². The van der Waals surface area contributed by atoms with Crippen LogP contribution >= 0.6 is 0 Å². The van der Waals surface area contributed by atoms with Crippen molar-refractivity contribution in [1.29, 1.82) is 0 Å². The molecule has 2 aromatic rings. The van der Waals surface area contributed by atoms with Crippen molar-refractivity contribution < 1.29 is 13.3 Å². The lowest BCUT2D eigenvalue weighted by Gasteiger charge is -2.05. The number of nitrogens with one attached hydrogen (secondary N) is 1. The molecule has 0 amide bonds. The highest BCUT2D eigenvalue weighted by Crippen LogP contribution is 2.11. The second kappa shape index (κ2) is 5.05. The van der Waals surface area contributed by atoms with E-state index in [0.29, 0.717) is 18.0 Å². The van der Waals surface area contributed by atoms with E-state index >= 15 is 0 Å². The van der Waals surface area contributed by atoms with Gasteiger partial charge in [0.05, 0.1) is 5.69 Å². The Morgan fingerprint density at radius 3 is 2.53 bits per heavy atom. The number of benzene rings is 1. The standard InChI is InChI=1S/C12H12F2N2O/c1-8-5-9(16-17-8)6-15-7-10-11(13)3-2-4-12(10)14/h2-5,15H,6-7H2,1H3. The van der Waals surface area contributed by atoms with Gasteiger partial charge in [-0.3, -0.25) is 0 Å². The third-order valence-corrected chi connectivity index (χ3v) is 2.35. The molecule has 90 valence electrons. The van der Waals surface area contributed by atoms with Gasteiger partial charge in [-0.2, -0.15) is 0 Å². The highest BCUT2D eigenvalue weighted by atomic mass is 19.1. The van der Waals surface area contributed by atoms with E-state index in [1.807, 2.05) is 0 Å². The highest BCUT2D eigenvalue weighted by molar-refractivity contribution is 5.19. The molecule has 0 radical (unpaired) electrons. The summed E-state index contributed by atoms with van der Waals surface area (Å²) in [6.45, 7) is 2.31. The summed E-state index contributed by atoms with van der Waals surface area (Å²) in [5.74, 6) is -0.387. The first-order chi connectivity index (χ1) is 8.16. The third-order valence-electron chi connectivity index (χ3n) is 2.35. The molecule has 5 heteroatoms. The molecule has 1 aromatic carbocycles. The predicted octanol–water partition coefficient (Wildman–Crippen LogP) is 2.55. The Labute approximate surface area is 97.4 Å². The van der Waals surface area contributed by atoms with Gasteiger partial charge in [-0.15, -0.1) is 0 Å². The average molecular weight is 238 g/mol. The largest absolute Gasteiger partial charge is 0.361 e. The van der Waals surface area contributed by atoms with Gasteiger partial charge in [0, 0.05) is 24.7 Å². The first-order valence-electron chi connectivity index (χ1n) is 5.22. The van der Waals surface area contributed by atoms with E-state index in [9.17, 15) is 8.78 Å². The topological polar surface area (TPSA) is 38.1 Å². The summed E-state index contributed by atoms with van der Waals surface area (Å²) in [4.78, 5) is 0. The molecule has 1 heterocycles. The van der Waals surface area contributed by atoms with E-state index < -0.39 is 11.6 Å². The van der Waals surface area contributed by atoms with Gasteiger partial charge in [-0.25, -0.2) is 8.78 Å². The third kappa shape index (κ3) is 2.88. The zero-order chi connectivity index (χ0) is 12.3. The van der Waals surface area contributed by atoms with Crippen LogP contribution in [0.15, 0.2) is 28.8 Å². The molecule has 0 aliphatic carbocycles. The summed E-state index contributed by atoms with van der Waals surface area (Å²) in [5.41, 5.74) is 0.743. The maximum atomic E-state index is 13.3. The number of rotatable bonds is 4. The molecule has 1 aromatic heterocycles. The maximum absolute atomic E-state index is 13.3. The van der Waals surface area contributed by atoms with Crippen molar-refractivity contribution in [2.45, 2.75) is 20.0 Å². The molecule has 0 aliphatic heterocycles. The van der Waals surface area contributed by atoms with Crippen LogP contribution in [0, 0.1) is 18.6 Å². The number of aromatic nitrogens is 1. The molecule has 1 N–H and O–H groups in total. The Kier molecular flexibility index (Phi) is 3.49. The van der Waals surface area contributed by atoms with Crippen molar-refractivity contribution in [3.05, 3.63) is 52.9 Å². The summed E-state index contributed by atoms with van der Waals surface area (Å²) in [6.07, 6.45) is 0. The van der Waals surface area contributed by atoms with Gasteiger partial charge in [0.15, 0.2) is 0 Å². The first kappa shape index (κ1) is 11.7. The van der Waals surface area contributed by atoms with Gasteiger partial charge < -0.3 is 9.84 Å². The van der Waals surface area contributed by atoms with Gasteiger partial charge in [0.25, 0.3) is 0 Å². The summed E-state index contributed by atoms with van der Waals surface area (Å²) in [7, 11) is 0. The lowest BCUT2D eigenvalue weighted by Crippen LogP contribution is -2.15. The second-order valence-corrected chi connectivity index (χ2v) is 3.73. The fourth-order valence-electron chi connectivity index (χ4n) is 1.52. The van der Waals surface area contributed by atoms with Crippen molar-refractivity contribution in [2.24, 2.45) is 0 Å². The minimum absolute atomic E-state index is 0.0349. The first-order valence-corrected chi connectivity index (χ1v) is 5.22. The average Bonchev–Trinajstić information content (AvgIpc) is 2.69. The van der Waals surface area contributed by atoms with Gasteiger partial charge in [0.2, 0.25) is 0 Å². The predicted molar refractivity (Wildman–Crippen MR) is 58.1 cm³/mol. The van der Waals surface area contributed by atoms with Crippen molar-refractivity contribution in [1.82, 2.24) is 10.5 Å². The smallest absolute Gasteiger partial charge is 0.133 e. The van der Waals surface area contributed by atoms with Crippen LogP contribution in [0.1, 0.15) is 17.0 Å². The fourth-order valence-corrected chi connectivity index (χ4v) is 1.52. The summed E-state index contributed by atoms with van der Waals surface area (Å²) >= 11 is 0. The van der Waals surface area contributed by atoms with Crippen LogP contribution in [0.2, 0.25) is 0 Å². The Balaban J connectivity index is 1.94. The van der Waals surface area contributed by atoms with E-state index in [-0.39, 0.29) is 12.1 Å². The number of hydrogen-bond donors (Lipinski definition) is 1. The van der Waals surface area contributed by atoms with Gasteiger partial charge in [-0.1, -0.05) is 11.2 Å². The van der Waals surface area contributed by atoms with E-state index in [0.717, 1.165) is 0 Å². The fraction of sp³-hybridized carbons (Fsp3) is 0.250. The van der Waals surface area contributed by atoms with Crippen LogP contribution < -0.4 is 5.32 Å². The van der Waals surface area contributed by atoms with Crippen molar-refractivity contribution in [3.63, 3.8) is 0 Å². The molecular weight excluding hydrogens is 226 g/mol. The molecule has 0 saturated heterocycles. The van der Waals surface area contributed by atoms with Crippen molar-refractivity contribution in [3.8, 4) is 0 Å². The Bertz CT molecular complexity index is 491. The van der Waals surface area contributed by atoms with Crippen molar-refractivity contribution in [2.75, 3.05) is 0 Å². The van der Waals surface area contributed by atoms with E-state index in [1.165, 1.54) is 18.2 Å². The maximum Gasteiger partial charge on any atom is 0.133 e. The van der Waals surface area contributed by atoms with Crippen LogP contribution in [0.25, 0.3) is 0 Å². The second-order valence-electron chi connectivity index (χ2n) is 3.73. The number of halogens is 2. The number of aryl methyl sites for hydroxylation is 1. The van der Waals surface area contributed by atoms with E-state index in [2.05, 4.69) is 10.5 Å². The normalized spacial score (nSPS) is 10.8. The van der Waals surface area contributed by atoms with Crippen molar-refractivity contribution >= 4 is 0 Å². The number of hydrogen-bond acceptors (Lipinski definition) is 3. The molecular formula is C12H12F2N2O. The molecule has 0 bridgehead atoms. The van der Waals surface area contributed by atoms with Gasteiger partial charge >= 0.3 is 0 Å². The minimum atomic E-state index is -0.547. The van der Waals surface area contributed by atoms with Crippen LogP contribution in [0.5, 0.6) is 0 Å². The lowest BCUT2D eigenvalue weighted by atomic mass is 10.2. The molecule has 0 saturated carbocycles. The Morgan fingerprint density at radius 2 is 1.94 bits per heavy atom. The molecule has 0 unspecified atom stereocenters. The monoisotopic (exact) mass is 238 g/mol. The molecule has 0 spiro atoms.